The van der Waals surface area contributed by atoms with Crippen molar-refractivity contribution in [2.24, 2.45) is 0 Å². The molecule has 2 aromatic rings. The number of ether oxygens (including phenoxy) is 1. The number of esters is 1. The van der Waals surface area contributed by atoms with Gasteiger partial charge in [-0.25, -0.2) is 4.68 Å². The molecule has 0 radical (unpaired) electrons. The number of hydrogen-bond acceptors (Lipinski definition) is 4. The summed E-state index contributed by atoms with van der Waals surface area (Å²) in [5.41, 5.74) is 2.65. The van der Waals surface area contributed by atoms with Gasteiger partial charge in [-0.05, 0) is 18.1 Å². The number of carbonyl (C=O) groups excluding carboxylic acids is 1. The minimum Gasteiger partial charge on any atom is -0.459 e. The molecule has 1 atom stereocenters. The Balaban J connectivity index is 2.39. The van der Waals surface area contributed by atoms with E-state index in [2.05, 4.69) is 16.9 Å². The van der Waals surface area contributed by atoms with Gasteiger partial charge in [0.25, 0.3) is 0 Å². The second-order valence-electron chi connectivity index (χ2n) is 5.18. The number of rotatable bonds is 7. The summed E-state index contributed by atoms with van der Waals surface area (Å²) < 4.78 is 6.73. The molecule has 0 amide bonds. The van der Waals surface area contributed by atoms with Crippen molar-refractivity contribution in [2.75, 3.05) is 0 Å². The summed E-state index contributed by atoms with van der Waals surface area (Å²) in [5, 5.41) is 8.30. The highest BCUT2D eigenvalue weighted by Crippen LogP contribution is 2.26. The Morgan fingerprint density at radius 3 is 2.75 bits per heavy atom. The molecule has 1 aromatic heterocycles. The Hall–Kier alpha value is -2.95. The highest BCUT2D eigenvalue weighted by Gasteiger charge is 2.18. The van der Waals surface area contributed by atoms with Gasteiger partial charge in [-0.1, -0.05) is 66.4 Å². The fourth-order valence-electron chi connectivity index (χ4n) is 2.29. The predicted octanol–water partition coefficient (Wildman–Crippen LogP) is 3.62. The molecule has 24 heavy (non-hydrogen) atoms. The minimum atomic E-state index is -0.344. The second-order valence-corrected chi connectivity index (χ2v) is 5.18. The molecule has 1 unspecified atom stereocenters. The van der Waals surface area contributed by atoms with Gasteiger partial charge in [-0.15, -0.1) is 5.10 Å². The molecule has 0 saturated heterocycles. The maximum Gasteiger partial charge on any atom is 0.303 e. The van der Waals surface area contributed by atoms with Crippen LogP contribution in [-0.4, -0.2) is 21.0 Å². The van der Waals surface area contributed by atoms with Crippen LogP contribution in [0.5, 0.6) is 0 Å². The Morgan fingerprint density at radius 2 is 2.12 bits per heavy atom. The van der Waals surface area contributed by atoms with Crippen LogP contribution in [0.3, 0.4) is 0 Å². The normalized spacial score (nSPS) is 13.0. The molecule has 0 aliphatic carbocycles. The first kappa shape index (κ1) is 17.4. The van der Waals surface area contributed by atoms with Crippen molar-refractivity contribution < 1.29 is 9.53 Å². The molecule has 0 aliphatic rings. The lowest BCUT2D eigenvalue weighted by atomic mass is 9.98. The molecular formula is C19H21N3O2. The molecule has 1 aromatic carbocycles. The summed E-state index contributed by atoms with van der Waals surface area (Å²) in [6.45, 7) is 7.36. The van der Waals surface area contributed by atoms with Crippen molar-refractivity contribution in [1.29, 1.82) is 0 Å². The van der Waals surface area contributed by atoms with Crippen LogP contribution < -0.4 is 0 Å². The fourth-order valence-corrected chi connectivity index (χ4v) is 2.29. The summed E-state index contributed by atoms with van der Waals surface area (Å²) >= 11 is 0. The number of carbonyl (C=O) groups is 1. The van der Waals surface area contributed by atoms with E-state index < -0.39 is 0 Å². The van der Waals surface area contributed by atoms with Crippen LogP contribution in [0.15, 0.2) is 73.0 Å². The second kappa shape index (κ2) is 8.62. The molecule has 0 spiro atoms. The summed E-state index contributed by atoms with van der Waals surface area (Å²) in [4.78, 5) is 10.9. The molecule has 0 bridgehead atoms. The first-order chi connectivity index (χ1) is 11.7. The van der Waals surface area contributed by atoms with E-state index in [1.165, 1.54) is 6.92 Å². The van der Waals surface area contributed by atoms with E-state index in [9.17, 15) is 4.79 Å². The van der Waals surface area contributed by atoms with Crippen LogP contribution in [0.25, 0.3) is 0 Å². The Morgan fingerprint density at radius 1 is 1.38 bits per heavy atom. The van der Waals surface area contributed by atoms with Gasteiger partial charge in [0.1, 0.15) is 18.3 Å². The van der Waals surface area contributed by atoms with Gasteiger partial charge in [0.05, 0.1) is 6.20 Å². The molecule has 5 nitrogen and oxygen atoms in total. The Kier molecular flexibility index (Phi) is 6.25. The van der Waals surface area contributed by atoms with Crippen LogP contribution in [0.2, 0.25) is 0 Å². The van der Waals surface area contributed by atoms with Crippen molar-refractivity contribution in [3.05, 3.63) is 84.2 Å². The van der Waals surface area contributed by atoms with E-state index in [4.69, 9.17) is 4.74 Å². The largest absolute Gasteiger partial charge is 0.459 e. The Bertz CT molecular complexity index is 745. The van der Waals surface area contributed by atoms with Gasteiger partial charge in [-0.3, -0.25) is 4.79 Å². The fraction of sp³-hybridized carbons (Fsp3) is 0.211. The standard InChI is InChI=1S/C19H21N3O2/c1-4-6-10-16(5-2)19(17-11-8-7-9-12-17)22-13-18(20-21-22)14-24-15(3)23/h4-13,19H,2,14H2,1,3H3/b6-4-,16-10+. The maximum absolute atomic E-state index is 10.9. The van der Waals surface area contributed by atoms with E-state index in [1.54, 1.807) is 10.9 Å². The van der Waals surface area contributed by atoms with Crippen LogP contribution in [0, 0.1) is 0 Å². The van der Waals surface area contributed by atoms with E-state index >= 15 is 0 Å². The lowest BCUT2D eigenvalue weighted by molar-refractivity contribution is -0.142. The molecule has 2 rings (SSSR count). The summed E-state index contributed by atoms with van der Waals surface area (Å²) in [7, 11) is 0. The smallest absolute Gasteiger partial charge is 0.303 e. The monoisotopic (exact) mass is 323 g/mol. The van der Waals surface area contributed by atoms with Gasteiger partial charge < -0.3 is 4.74 Å². The van der Waals surface area contributed by atoms with Crippen molar-refractivity contribution >= 4 is 5.97 Å². The summed E-state index contributed by atoms with van der Waals surface area (Å²) in [5.74, 6) is -0.344. The molecule has 0 aliphatic heterocycles. The number of hydrogen-bond donors (Lipinski definition) is 0. The van der Waals surface area contributed by atoms with Crippen molar-refractivity contribution in [1.82, 2.24) is 15.0 Å². The van der Waals surface area contributed by atoms with E-state index in [0.717, 1.165) is 11.1 Å². The van der Waals surface area contributed by atoms with Crippen molar-refractivity contribution in [2.45, 2.75) is 26.5 Å². The quantitative estimate of drug-likeness (QED) is 0.577. The van der Waals surface area contributed by atoms with Gasteiger partial charge in [-0.2, -0.15) is 0 Å². The van der Waals surface area contributed by atoms with Crippen LogP contribution >= 0.6 is 0 Å². The Labute approximate surface area is 142 Å². The lowest BCUT2D eigenvalue weighted by Crippen LogP contribution is -2.13. The van der Waals surface area contributed by atoms with Crippen LogP contribution in [0.1, 0.15) is 31.1 Å². The lowest BCUT2D eigenvalue weighted by Gasteiger charge is -2.18. The van der Waals surface area contributed by atoms with Gasteiger partial charge in [0.2, 0.25) is 0 Å². The first-order valence-electron chi connectivity index (χ1n) is 7.70. The topological polar surface area (TPSA) is 57.0 Å². The highest BCUT2D eigenvalue weighted by molar-refractivity contribution is 5.65. The minimum absolute atomic E-state index is 0.110. The average molecular weight is 323 g/mol. The van der Waals surface area contributed by atoms with Gasteiger partial charge in [0, 0.05) is 6.92 Å². The molecule has 0 saturated carbocycles. The third-order valence-corrected chi connectivity index (χ3v) is 3.39. The van der Waals surface area contributed by atoms with E-state index in [0.29, 0.717) is 5.69 Å². The number of aromatic nitrogens is 3. The third kappa shape index (κ3) is 4.52. The zero-order valence-electron chi connectivity index (χ0n) is 13.9. The SMILES string of the molecule is C=C/C(=C\C=C/C)C(c1ccccc1)n1cc(COC(C)=O)nn1. The highest BCUT2D eigenvalue weighted by atomic mass is 16.5. The molecule has 124 valence electrons. The molecule has 1 heterocycles. The number of nitrogens with zero attached hydrogens (tertiary/aromatic N) is 3. The molecule has 0 N–H and O–H groups in total. The van der Waals surface area contributed by atoms with Gasteiger partial charge in [0.15, 0.2) is 0 Å². The van der Waals surface area contributed by atoms with Crippen LogP contribution in [-0.2, 0) is 16.1 Å². The van der Waals surface area contributed by atoms with E-state index in [1.807, 2.05) is 61.6 Å². The third-order valence-electron chi connectivity index (χ3n) is 3.39. The predicted molar refractivity (Wildman–Crippen MR) is 93.2 cm³/mol. The molecule has 0 fully saturated rings. The molecular weight excluding hydrogens is 302 g/mol. The first-order valence-corrected chi connectivity index (χ1v) is 7.70. The van der Waals surface area contributed by atoms with E-state index in [-0.39, 0.29) is 18.6 Å². The van der Waals surface area contributed by atoms with Crippen molar-refractivity contribution in [3.8, 4) is 0 Å². The zero-order chi connectivity index (χ0) is 17.4. The van der Waals surface area contributed by atoms with Gasteiger partial charge >= 0.3 is 5.97 Å². The van der Waals surface area contributed by atoms with Crippen LogP contribution in [0.4, 0.5) is 0 Å². The maximum atomic E-state index is 10.9. The number of allylic oxidation sites excluding steroid dienone is 5. The van der Waals surface area contributed by atoms with Crippen molar-refractivity contribution in [3.63, 3.8) is 0 Å². The average Bonchev–Trinajstić information content (AvgIpc) is 3.06. The zero-order valence-corrected chi connectivity index (χ0v) is 13.9. The summed E-state index contributed by atoms with van der Waals surface area (Å²) in [6, 6.07) is 9.84. The number of benzene rings is 1. The summed E-state index contributed by atoms with van der Waals surface area (Å²) in [6.07, 6.45) is 9.51. The molecule has 5 heteroatoms.